The Morgan fingerprint density at radius 2 is 1.32 bits per heavy atom. The molecule has 0 saturated carbocycles. The van der Waals surface area contributed by atoms with Crippen molar-refractivity contribution in [1.82, 2.24) is 0 Å². The van der Waals surface area contributed by atoms with Crippen LogP contribution < -0.4 is 0 Å². The van der Waals surface area contributed by atoms with E-state index in [4.69, 9.17) is 19.5 Å². The second kappa shape index (κ2) is 12.7. The van der Waals surface area contributed by atoms with E-state index in [0.717, 1.165) is 0 Å². The Bertz CT molecular complexity index is 509. The summed E-state index contributed by atoms with van der Waals surface area (Å²) in [6, 6.07) is 0. The molecule has 0 spiro atoms. The van der Waals surface area contributed by atoms with Crippen molar-refractivity contribution in [1.29, 1.82) is 0 Å². The van der Waals surface area contributed by atoms with Gasteiger partial charge in [0.2, 0.25) is 0 Å². The van der Waals surface area contributed by atoms with E-state index in [1.165, 1.54) is 0 Å². The van der Waals surface area contributed by atoms with Crippen molar-refractivity contribution in [2.75, 3.05) is 45.9 Å². The molecule has 0 unspecified atom stereocenters. The second-order valence-electron chi connectivity index (χ2n) is 4.21. The lowest BCUT2D eigenvalue weighted by Crippen LogP contribution is -2.10. The van der Waals surface area contributed by atoms with Crippen LogP contribution in [-0.2, 0) is 23.6 Å². The number of halogens is 4. The zero-order valence-electron chi connectivity index (χ0n) is 13.1. The maximum absolute atomic E-state index is 13.8. The summed E-state index contributed by atoms with van der Waals surface area (Å²) in [4.78, 5) is -1.93. The minimum atomic E-state index is -1.66. The van der Waals surface area contributed by atoms with E-state index in [1.807, 2.05) is 0 Å². The van der Waals surface area contributed by atoms with Crippen molar-refractivity contribution >= 4 is 23.8 Å². The average Bonchev–Trinajstić information content (AvgIpc) is 2.61. The molecule has 0 heterocycles. The molecule has 0 aromatic heterocycles. The van der Waals surface area contributed by atoms with E-state index in [-0.39, 0.29) is 31.0 Å². The highest BCUT2D eigenvalue weighted by Gasteiger charge is 2.26. The van der Waals surface area contributed by atoms with Gasteiger partial charge in [0.1, 0.15) is 4.90 Å². The van der Waals surface area contributed by atoms with Crippen molar-refractivity contribution in [3.63, 3.8) is 0 Å². The Morgan fingerprint density at radius 1 is 0.800 bits per heavy atom. The highest BCUT2D eigenvalue weighted by atomic mass is 32.2. The highest BCUT2D eigenvalue weighted by Crippen LogP contribution is 2.36. The Morgan fingerprint density at radius 3 is 1.88 bits per heavy atom. The van der Waals surface area contributed by atoms with Gasteiger partial charge in [-0.15, -0.1) is 16.1 Å². The van der Waals surface area contributed by atoms with Gasteiger partial charge in [0.25, 0.3) is 0 Å². The summed E-state index contributed by atoms with van der Waals surface area (Å²) in [5, 5.41) is 11.1. The van der Waals surface area contributed by atoms with Crippen LogP contribution in [0.5, 0.6) is 0 Å². The molecule has 12 heteroatoms. The maximum atomic E-state index is 13.8. The third kappa shape index (κ3) is 7.27. The summed E-state index contributed by atoms with van der Waals surface area (Å²) >= 11 is 0.355. The van der Waals surface area contributed by atoms with Crippen molar-refractivity contribution in [2.45, 2.75) is 9.79 Å². The van der Waals surface area contributed by atoms with Gasteiger partial charge in [0, 0.05) is 12.9 Å². The standard InChI is InChI=1S/C13H16F4O6S2/c1-19-2-3-20-4-5-21-6-7-24-12-8(14)10(16)13(25-23-22-18)11(17)9(12)15/h18H,2-7H2,1H3. The Kier molecular flexibility index (Phi) is 11.4. The Hall–Kier alpha value is -0.600. The zero-order chi connectivity index (χ0) is 18.7. The van der Waals surface area contributed by atoms with Gasteiger partial charge in [0.05, 0.1) is 50.0 Å². The molecule has 6 nitrogen and oxygen atoms in total. The fourth-order valence-corrected chi connectivity index (χ4v) is 2.77. The number of hydrogen-bond acceptors (Lipinski definition) is 8. The predicted molar refractivity (Wildman–Crippen MR) is 81.2 cm³/mol. The molecule has 0 amide bonds. The van der Waals surface area contributed by atoms with Crippen LogP contribution in [0.3, 0.4) is 0 Å². The SMILES string of the molecule is COCCOCCOCCSc1c(F)c(F)c(SOOO)c(F)c1F. The van der Waals surface area contributed by atoms with E-state index in [9.17, 15) is 17.6 Å². The molecule has 0 aliphatic rings. The van der Waals surface area contributed by atoms with Crippen LogP contribution in [0.2, 0.25) is 0 Å². The van der Waals surface area contributed by atoms with Gasteiger partial charge >= 0.3 is 0 Å². The molecule has 1 N–H and O–H groups in total. The smallest absolute Gasteiger partial charge is 0.179 e. The first-order valence-corrected chi connectivity index (χ1v) is 8.55. The molecule has 0 radical (unpaired) electrons. The predicted octanol–water partition coefficient (Wildman–Crippen LogP) is 3.44. The molecule has 1 rings (SSSR count). The normalized spacial score (nSPS) is 11.3. The lowest BCUT2D eigenvalue weighted by Gasteiger charge is -2.10. The fraction of sp³-hybridized carbons (Fsp3) is 0.538. The third-order valence-electron chi connectivity index (χ3n) is 2.61. The lowest BCUT2D eigenvalue weighted by atomic mass is 10.3. The molecular formula is C13H16F4O6S2. The van der Waals surface area contributed by atoms with Gasteiger partial charge < -0.3 is 14.2 Å². The van der Waals surface area contributed by atoms with Crippen LogP contribution in [0, 0.1) is 23.3 Å². The molecule has 0 fully saturated rings. The van der Waals surface area contributed by atoms with Crippen molar-refractivity contribution < 1.29 is 46.4 Å². The summed E-state index contributed by atoms with van der Waals surface area (Å²) in [5.74, 6) is -6.40. The summed E-state index contributed by atoms with van der Waals surface area (Å²) < 4.78 is 74.0. The third-order valence-corrected chi connectivity index (χ3v) is 4.28. The van der Waals surface area contributed by atoms with Crippen LogP contribution in [0.4, 0.5) is 17.6 Å². The first-order chi connectivity index (χ1) is 12.0. The lowest BCUT2D eigenvalue weighted by molar-refractivity contribution is -0.432. The van der Waals surface area contributed by atoms with Crippen molar-refractivity contribution in [2.24, 2.45) is 0 Å². The zero-order valence-corrected chi connectivity index (χ0v) is 14.7. The molecule has 1 aromatic carbocycles. The van der Waals surface area contributed by atoms with E-state index >= 15 is 0 Å². The van der Waals surface area contributed by atoms with Crippen LogP contribution in [0.1, 0.15) is 0 Å². The summed E-state index contributed by atoms with van der Waals surface area (Å²) in [6.45, 7) is 1.54. The topological polar surface area (TPSA) is 66.4 Å². The highest BCUT2D eigenvalue weighted by molar-refractivity contribution is 7.99. The summed E-state index contributed by atoms with van der Waals surface area (Å²) in [5.41, 5.74) is 0. The summed E-state index contributed by atoms with van der Waals surface area (Å²) in [6.07, 6.45) is 0. The molecule has 0 bridgehead atoms. The number of rotatable bonds is 13. The van der Waals surface area contributed by atoms with Crippen LogP contribution >= 0.6 is 23.8 Å². The second-order valence-corrected chi connectivity index (χ2v) is 6.02. The van der Waals surface area contributed by atoms with Crippen molar-refractivity contribution in [3.05, 3.63) is 23.3 Å². The summed E-state index contributed by atoms with van der Waals surface area (Å²) in [7, 11) is 1.54. The fourth-order valence-electron chi connectivity index (χ4n) is 1.51. The quantitative estimate of drug-likeness (QED) is 0.101. The minimum absolute atomic E-state index is 0.0630. The number of benzene rings is 1. The Labute approximate surface area is 149 Å². The largest absolute Gasteiger partial charge is 0.382 e. The first-order valence-electron chi connectivity index (χ1n) is 6.82. The van der Waals surface area contributed by atoms with E-state index in [0.29, 0.717) is 31.6 Å². The van der Waals surface area contributed by atoms with E-state index < -0.39 is 33.1 Å². The van der Waals surface area contributed by atoms with Crippen LogP contribution in [0.25, 0.3) is 0 Å². The molecule has 1 aromatic rings. The molecule has 0 atom stereocenters. The number of ether oxygens (including phenoxy) is 3. The van der Waals surface area contributed by atoms with Gasteiger partial charge in [0.15, 0.2) is 23.3 Å². The van der Waals surface area contributed by atoms with Gasteiger partial charge in [-0.05, 0) is 0 Å². The first kappa shape index (κ1) is 22.4. The Balaban J connectivity index is 2.48. The van der Waals surface area contributed by atoms with E-state index in [2.05, 4.69) is 9.37 Å². The minimum Gasteiger partial charge on any atom is -0.382 e. The molecule has 0 aliphatic carbocycles. The molecule has 144 valence electrons. The number of hydrogen-bond donors (Lipinski definition) is 1. The molecule has 0 saturated heterocycles. The molecule has 25 heavy (non-hydrogen) atoms. The van der Waals surface area contributed by atoms with Gasteiger partial charge in [-0.1, -0.05) is 5.04 Å². The molecular weight excluding hydrogens is 392 g/mol. The van der Waals surface area contributed by atoms with Gasteiger partial charge in [-0.2, -0.15) is 0 Å². The number of thioether (sulfide) groups is 1. The van der Waals surface area contributed by atoms with Crippen molar-refractivity contribution in [3.8, 4) is 0 Å². The van der Waals surface area contributed by atoms with Gasteiger partial charge in [-0.3, -0.25) is 0 Å². The van der Waals surface area contributed by atoms with Crippen LogP contribution in [0.15, 0.2) is 9.79 Å². The monoisotopic (exact) mass is 408 g/mol. The van der Waals surface area contributed by atoms with Crippen LogP contribution in [-0.4, -0.2) is 51.2 Å². The van der Waals surface area contributed by atoms with E-state index in [1.54, 1.807) is 7.11 Å². The molecule has 0 aliphatic heterocycles. The van der Waals surface area contributed by atoms with Gasteiger partial charge in [-0.25, -0.2) is 22.8 Å². The average molecular weight is 408 g/mol. The maximum Gasteiger partial charge on any atom is 0.179 e. The number of methoxy groups -OCH3 is 1.